The summed E-state index contributed by atoms with van der Waals surface area (Å²) in [5.74, 6) is -0.140. The number of carbonyl (C=O) groups excluding carboxylic acids is 1. The second kappa shape index (κ2) is 10.5. The minimum atomic E-state index is -4.75. The van der Waals surface area contributed by atoms with E-state index in [1.165, 1.54) is 7.11 Å². The SMILES string of the molecule is COc1ccc(-c2cc(C(F)(F)F)n3ncc(C(=O)Nc4c(C)nn(Cc5ccc(Cl)c(Cl)c5)c4C)c3n2)cc1. The molecule has 206 valence electrons. The monoisotopic (exact) mass is 588 g/mol. The molecule has 3 heterocycles. The Labute approximate surface area is 236 Å². The Balaban J connectivity index is 1.51. The molecule has 1 N–H and O–H groups in total. The first-order valence-corrected chi connectivity index (χ1v) is 12.6. The van der Waals surface area contributed by atoms with Gasteiger partial charge < -0.3 is 10.1 Å². The van der Waals surface area contributed by atoms with E-state index in [1.807, 2.05) is 6.07 Å². The molecule has 1 amide bonds. The Morgan fingerprint density at radius 2 is 1.77 bits per heavy atom. The average Bonchev–Trinajstić information content (AvgIpc) is 3.46. The van der Waals surface area contributed by atoms with Crippen LogP contribution in [0.3, 0.4) is 0 Å². The average molecular weight is 589 g/mol. The van der Waals surface area contributed by atoms with Crippen molar-refractivity contribution in [2.75, 3.05) is 12.4 Å². The molecule has 13 heteroatoms. The molecule has 0 aliphatic heterocycles. The van der Waals surface area contributed by atoms with Gasteiger partial charge in [0.2, 0.25) is 0 Å². The molecule has 0 aliphatic carbocycles. The molecule has 0 spiro atoms. The number of anilines is 1. The fourth-order valence-electron chi connectivity index (χ4n) is 4.26. The molecule has 0 atom stereocenters. The minimum Gasteiger partial charge on any atom is -0.497 e. The Morgan fingerprint density at radius 3 is 2.42 bits per heavy atom. The summed E-state index contributed by atoms with van der Waals surface area (Å²) in [7, 11) is 1.48. The number of hydrogen-bond acceptors (Lipinski definition) is 5. The number of ether oxygens (including phenoxy) is 1. The van der Waals surface area contributed by atoms with E-state index in [2.05, 4.69) is 20.5 Å². The number of benzene rings is 2. The van der Waals surface area contributed by atoms with E-state index in [-0.39, 0.29) is 16.9 Å². The molecule has 5 rings (SSSR count). The first-order valence-electron chi connectivity index (χ1n) is 11.9. The summed E-state index contributed by atoms with van der Waals surface area (Å²) >= 11 is 12.1. The van der Waals surface area contributed by atoms with Gasteiger partial charge in [0, 0.05) is 5.56 Å². The summed E-state index contributed by atoms with van der Waals surface area (Å²) in [6.07, 6.45) is -3.68. The maximum atomic E-state index is 14.0. The number of alkyl halides is 3. The number of rotatable bonds is 6. The van der Waals surface area contributed by atoms with E-state index in [4.69, 9.17) is 27.9 Å². The lowest BCUT2D eigenvalue weighted by Gasteiger charge is -2.12. The zero-order valence-electron chi connectivity index (χ0n) is 21.3. The Morgan fingerprint density at radius 1 is 1.05 bits per heavy atom. The van der Waals surface area contributed by atoms with Gasteiger partial charge in [-0.15, -0.1) is 0 Å². The van der Waals surface area contributed by atoms with Crippen molar-refractivity contribution < 1.29 is 22.7 Å². The van der Waals surface area contributed by atoms with Gasteiger partial charge in [-0.25, -0.2) is 9.50 Å². The Bertz CT molecular complexity index is 1750. The smallest absolute Gasteiger partial charge is 0.433 e. The van der Waals surface area contributed by atoms with Gasteiger partial charge in [-0.05, 0) is 61.9 Å². The third-order valence-corrected chi connectivity index (χ3v) is 7.07. The lowest BCUT2D eigenvalue weighted by Crippen LogP contribution is -2.16. The van der Waals surface area contributed by atoms with Crippen LogP contribution in [-0.4, -0.2) is 37.4 Å². The molecule has 0 radical (unpaired) electrons. The molecular formula is C27H21Cl2F3N6O2. The van der Waals surface area contributed by atoms with E-state index in [0.717, 1.165) is 17.8 Å². The van der Waals surface area contributed by atoms with Crippen LogP contribution in [0.4, 0.5) is 18.9 Å². The highest BCUT2D eigenvalue weighted by atomic mass is 35.5. The zero-order valence-corrected chi connectivity index (χ0v) is 22.9. The van der Waals surface area contributed by atoms with Crippen LogP contribution < -0.4 is 10.1 Å². The second-order valence-electron chi connectivity index (χ2n) is 8.95. The molecule has 0 unspecified atom stereocenters. The number of halogens is 5. The fourth-order valence-corrected chi connectivity index (χ4v) is 4.58. The van der Waals surface area contributed by atoms with Crippen LogP contribution in [0.15, 0.2) is 54.7 Å². The highest BCUT2D eigenvalue weighted by Gasteiger charge is 2.36. The van der Waals surface area contributed by atoms with Crippen LogP contribution in [0.5, 0.6) is 5.75 Å². The molecule has 0 fully saturated rings. The van der Waals surface area contributed by atoms with Gasteiger partial charge in [0.15, 0.2) is 11.3 Å². The normalized spacial score (nSPS) is 11.7. The molecule has 0 saturated carbocycles. The number of hydrogen-bond donors (Lipinski definition) is 1. The van der Waals surface area contributed by atoms with E-state index in [0.29, 0.717) is 49.5 Å². The van der Waals surface area contributed by atoms with Crippen LogP contribution in [0, 0.1) is 13.8 Å². The third kappa shape index (κ3) is 5.22. The van der Waals surface area contributed by atoms with E-state index in [9.17, 15) is 18.0 Å². The van der Waals surface area contributed by atoms with Crippen molar-refractivity contribution in [1.29, 1.82) is 0 Å². The van der Waals surface area contributed by atoms with Gasteiger partial charge in [0.05, 0.1) is 52.7 Å². The molecule has 40 heavy (non-hydrogen) atoms. The van der Waals surface area contributed by atoms with Crippen molar-refractivity contribution in [3.63, 3.8) is 0 Å². The van der Waals surface area contributed by atoms with Crippen LogP contribution in [0.2, 0.25) is 10.0 Å². The quantitative estimate of drug-likeness (QED) is 0.234. The third-order valence-electron chi connectivity index (χ3n) is 6.33. The minimum absolute atomic E-state index is 0.0267. The molecule has 5 aromatic rings. The van der Waals surface area contributed by atoms with Crippen molar-refractivity contribution in [3.05, 3.63) is 93.0 Å². The van der Waals surface area contributed by atoms with Crippen molar-refractivity contribution >= 4 is 40.4 Å². The van der Waals surface area contributed by atoms with E-state index in [1.54, 1.807) is 54.9 Å². The van der Waals surface area contributed by atoms with Gasteiger partial charge >= 0.3 is 6.18 Å². The molecule has 0 aliphatic rings. The maximum absolute atomic E-state index is 14.0. The van der Waals surface area contributed by atoms with Crippen LogP contribution in [-0.2, 0) is 12.7 Å². The number of amides is 1. The Hall–Kier alpha value is -4.09. The molecular weight excluding hydrogens is 568 g/mol. The largest absolute Gasteiger partial charge is 0.497 e. The van der Waals surface area contributed by atoms with Crippen LogP contribution in [0.1, 0.15) is 33.0 Å². The summed E-state index contributed by atoms with van der Waals surface area (Å²) in [4.78, 5) is 17.7. The predicted molar refractivity (Wildman–Crippen MR) is 145 cm³/mol. The van der Waals surface area contributed by atoms with Crippen molar-refractivity contribution in [2.45, 2.75) is 26.6 Å². The number of aromatic nitrogens is 5. The lowest BCUT2D eigenvalue weighted by molar-refractivity contribution is -0.142. The first-order chi connectivity index (χ1) is 19.0. The number of methoxy groups -OCH3 is 1. The van der Waals surface area contributed by atoms with Crippen molar-refractivity contribution in [1.82, 2.24) is 24.4 Å². The summed E-state index contributed by atoms with van der Waals surface area (Å²) in [5, 5.41) is 11.9. The summed E-state index contributed by atoms with van der Waals surface area (Å²) in [5.41, 5.74) is 1.43. The first kappa shape index (κ1) is 27.5. The van der Waals surface area contributed by atoms with Gasteiger partial charge in [-0.2, -0.15) is 23.4 Å². The van der Waals surface area contributed by atoms with Gasteiger partial charge in [-0.1, -0.05) is 29.3 Å². The lowest BCUT2D eigenvalue weighted by atomic mass is 10.1. The molecule has 0 saturated heterocycles. The van der Waals surface area contributed by atoms with Crippen LogP contribution in [0.25, 0.3) is 16.9 Å². The number of nitrogens with zero attached hydrogens (tertiary/aromatic N) is 5. The van der Waals surface area contributed by atoms with Crippen molar-refractivity contribution in [2.24, 2.45) is 0 Å². The van der Waals surface area contributed by atoms with Crippen molar-refractivity contribution in [3.8, 4) is 17.0 Å². The highest BCUT2D eigenvalue weighted by Crippen LogP contribution is 2.33. The number of fused-ring (bicyclic) bond motifs is 1. The summed E-state index contributed by atoms with van der Waals surface area (Å²) in [6, 6.07) is 12.5. The zero-order chi connectivity index (χ0) is 28.8. The Kier molecular flexibility index (Phi) is 7.19. The molecule has 2 aromatic carbocycles. The van der Waals surface area contributed by atoms with Gasteiger partial charge in [0.25, 0.3) is 5.91 Å². The second-order valence-corrected chi connectivity index (χ2v) is 9.77. The molecule has 8 nitrogen and oxygen atoms in total. The van der Waals surface area contributed by atoms with Gasteiger partial charge in [0.1, 0.15) is 11.3 Å². The molecule has 3 aromatic heterocycles. The standard InChI is InChI=1S/C27H21Cl2F3N6O2/c1-14-24(15(2)37(36-14)13-16-4-9-20(28)21(29)10-16)35-26(39)19-12-33-38-23(27(30,31)32)11-22(34-25(19)38)17-5-7-18(40-3)8-6-17/h4-12H,13H2,1-3H3,(H,35,39). The van der Waals surface area contributed by atoms with E-state index >= 15 is 0 Å². The summed E-state index contributed by atoms with van der Waals surface area (Å²) in [6.45, 7) is 3.84. The van der Waals surface area contributed by atoms with E-state index < -0.39 is 17.8 Å². The number of nitrogens with one attached hydrogen (secondary N) is 1. The maximum Gasteiger partial charge on any atom is 0.433 e. The van der Waals surface area contributed by atoms with Gasteiger partial charge in [-0.3, -0.25) is 9.48 Å². The number of carbonyl (C=O) groups is 1. The topological polar surface area (TPSA) is 86.3 Å². The predicted octanol–water partition coefficient (Wildman–Crippen LogP) is 6.84. The van der Waals surface area contributed by atoms with Crippen LogP contribution >= 0.6 is 23.2 Å². The highest BCUT2D eigenvalue weighted by molar-refractivity contribution is 6.42. The fraction of sp³-hybridized carbons (Fsp3) is 0.185. The molecule has 0 bridgehead atoms. The number of aryl methyl sites for hydroxylation is 1. The summed E-state index contributed by atoms with van der Waals surface area (Å²) < 4.78 is 49.4.